The van der Waals surface area contributed by atoms with Gasteiger partial charge >= 0.3 is 11.9 Å². The molecule has 0 unspecified atom stereocenters. The van der Waals surface area contributed by atoms with Crippen molar-refractivity contribution in [1.82, 2.24) is 0 Å². The minimum Gasteiger partial charge on any atom is -0.411 e. The van der Waals surface area contributed by atoms with Crippen molar-refractivity contribution in [2.24, 2.45) is 0 Å². The van der Waals surface area contributed by atoms with E-state index in [-0.39, 0.29) is 0 Å². The first kappa shape index (κ1) is 30.2. The maximum atomic E-state index is 6.85. The van der Waals surface area contributed by atoms with Crippen molar-refractivity contribution in [3.05, 3.63) is 181 Å². The van der Waals surface area contributed by atoms with Crippen molar-refractivity contribution >= 4 is 0 Å². The van der Waals surface area contributed by atoms with Gasteiger partial charge in [-0.05, 0) is 86.6 Å². The molecule has 0 N–H and O–H groups in total. The lowest BCUT2D eigenvalue weighted by atomic mass is 10.2. The topological polar surface area (TPSA) is 55.4 Å². The molecule has 0 heterocycles. The van der Waals surface area contributed by atoms with Crippen molar-refractivity contribution in [1.29, 1.82) is 0 Å². The van der Waals surface area contributed by atoms with Gasteiger partial charge in [-0.1, -0.05) is 108 Å². The summed E-state index contributed by atoms with van der Waals surface area (Å²) in [5.41, 5.74) is 2.10. The Morgan fingerprint density at radius 1 is 0.261 bits per heavy atom. The summed E-state index contributed by atoms with van der Waals surface area (Å²) in [5.74, 6) is -2.09. The molecule has 6 nitrogen and oxygen atoms in total. The van der Waals surface area contributed by atoms with Crippen LogP contribution in [-0.2, 0) is 0 Å². The maximum absolute atomic E-state index is 6.85. The first-order valence-corrected chi connectivity index (χ1v) is 15.0. The summed E-state index contributed by atoms with van der Waals surface area (Å²) >= 11 is 0. The van der Waals surface area contributed by atoms with E-state index in [1.165, 1.54) is 0 Å². The molecule has 0 aromatic heterocycles. The number of rotatable bonds is 13. The van der Waals surface area contributed by atoms with Crippen LogP contribution in [0.2, 0.25) is 0 Å². The van der Waals surface area contributed by atoms with Gasteiger partial charge in [0.2, 0.25) is 0 Å². The summed E-state index contributed by atoms with van der Waals surface area (Å²) < 4.78 is 41.0. The molecule has 6 aromatic rings. The smallest absolute Gasteiger partial charge is 0.411 e. The van der Waals surface area contributed by atoms with Gasteiger partial charge in [0, 0.05) is 0 Å². The molecule has 46 heavy (non-hydrogen) atoms. The van der Waals surface area contributed by atoms with Gasteiger partial charge < -0.3 is 28.4 Å². The molecule has 0 atom stereocenters. The first-order chi connectivity index (χ1) is 22.5. The largest absolute Gasteiger partial charge is 0.546 e. The summed E-state index contributed by atoms with van der Waals surface area (Å²) in [6.07, 6.45) is 0. The van der Waals surface area contributed by atoms with Gasteiger partial charge in [-0.15, -0.1) is 0 Å². The fourth-order valence-electron chi connectivity index (χ4n) is 4.60. The predicted octanol–water partition coefficient (Wildman–Crippen LogP) is 9.38. The van der Waals surface area contributed by atoms with Crippen molar-refractivity contribution in [2.75, 3.05) is 0 Å². The van der Waals surface area contributed by atoms with E-state index in [0.717, 1.165) is 11.1 Å². The van der Waals surface area contributed by atoms with Crippen LogP contribution >= 0.6 is 0 Å². The number of hydrogen-bond donors (Lipinski definition) is 0. The standard InChI is InChI=1S/C40H34O6/c1-31-23-27-37(28-24-31)45-39(41-33-15-7-3-8-16-33,42-34-17-9-4-10-18-34)40(43-35-19-11-5-12-20-35,44-36-21-13-6-14-22-36)46-38-29-25-32(2)26-30-38/h3-30H,1-2H3. The van der Waals surface area contributed by atoms with Crippen molar-refractivity contribution in [3.8, 4) is 34.5 Å². The second-order valence-corrected chi connectivity index (χ2v) is 10.6. The molecular weight excluding hydrogens is 576 g/mol. The van der Waals surface area contributed by atoms with Crippen LogP contribution in [0.25, 0.3) is 0 Å². The molecule has 6 heteroatoms. The number of hydrogen-bond acceptors (Lipinski definition) is 6. The van der Waals surface area contributed by atoms with E-state index in [1.54, 1.807) is 48.5 Å². The molecule has 0 fully saturated rings. The van der Waals surface area contributed by atoms with Crippen LogP contribution in [0.5, 0.6) is 34.5 Å². The Balaban J connectivity index is 1.65. The molecule has 0 aliphatic carbocycles. The summed E-state index contributed by atoms with van der Waals surface area (Å²) in [4.78, 5) is 0. The van der Waals surface area contributed by atoms with Crippen LogP contribution < -0.4 is 28.4 Å². The van der Waals surface area contributed by atoms with Gasteiger partial charge in [-0.3, -0.25) is 0 Å². The van der Waals surface area contributed by atoms with Crippen LogP contribution in [0.15, 0.2) is 170 Å². The maximum Gasteiger partial charge on any atom is 0.546 e. The number of para-hydroxylation sites is 4. The summed E-state index contributed by atoms with van der Waals surface area (Å²) in [7, 11) is 0. The van der Waals surface area contributed by atoms with Gasteiger partial charge in [0.1, 0.15) is 34.5 Å². The second kappa shape index (κ2) is 13.8. The van der Waals surface area contributed by atoms with E-state index in [9.17, 15) is 0 Å². The van der Waals surface area contributed by atoms with E-state index in [4.69, 9.17) is 28.4 Å². The van der Waals surface area contributed by atoms with Gasteiger partial charge in [-0.2, -0.15) is 0 Å². The normalized spacial score (nSPS) is 11.3. The van der Waals surface area contributed by atoms with Crippen molar-refractivity contribution < 1.29 is 28.4 Å². The number of aryl methyl sites for hydroxylation is 2. The molecule has 0 aliphatic rings. The van der Waals surface area contributed by atoms with Crippen LogP contribution in [0, 0.1) is 13.8 Å². The average Bonchev–Trinajstić information content (AvgIpc) is 3.08. The third-order valence-corrected chi connectivity index (χ3v) is 6.90. The van der Waals surface area contributed by atoms with Crippen molar-refractivity contribution in [3.63, 3.8) is 0 Å². The fourth-order valence-corrected chi connectivity index (χ4v) is 4.60. The fraction of sp³-hybridized carbons (Fsp3) is 0.100. The lowest BCUT2D eigenvalue weighted by Gasteiger charge is -2.44. The lowest BCUT2D eigenvalue weighted by Crippen LogP contribution is -2.74. The molecule has 0 amide bonds. The lowest BCUT2D eigenvalue weighted by molar-refractivity contribution is -0.447. The minimum atomic E-state index is -2.29. The molecule has 0 aliphatic heterocycles. The zero-order valence-electron chi connectivity index (χ0n) is 25.6. The predicted molar refractivity (Wildman–Crippen MR) is 177 cm³/mol. The van der Waals surface area contributed by atoms with E-state index < -0.39 is 11.9 Å². The highest BCUT2D eigenvalue weighted by molar-refractivity contribution is 5.33. The van der Waals surface area contributed by atoms with Gasteiger partial charge in [-0.25, -0.2) is 0 Å². The second-order valence-electron chi connectivity index (χ2n) is 10.6. The van der Waals surface area contributed by atoms with E-state index in [1.807, 2.05) is 135 Å². The van der Waals surface area contributed by atoms with Gasteiger partial charge in [0.25, 0.3) is 0 Å². The van der Waals surface area contributed by atoms with Crippen LogP contribution in [0.3, 0.4) is 0 Å². The van der Waals surface area contributed by atoms with Crippen LogP contribution in [-0.4, -0.2) is 11.9 Å². The average molecular weight is 611 g/mol. The number of ether oxygens (including phenoxy) is 6. The molecule has 0 bridgehead atoms. The van der Waals surface area contributed by atoms with Gasteiger partial charge in [0.05, 0.1) is 0 Å². The Kier molecular flexibility index (Phi) is 9.07. The monoisotopic (exact) mass is 610 g/mol. The Bertz CT molecular complexity index is 1560. The Labute approximate surface area is 269 Å². The van der Waals surface area contributed by atoms with E-state index in [0.29, 0.717) is 34.5 Å². The summed E-state index contributed by atoms with van der Waals surface area (Å²) in [5, 5.41) is 0. The third kappa shape index (κ3) is 7.25. The quantitative estimate of drug-likeness (QED) is 0.122. The molecule has 230 valence electrons. The Hall–Kier alpha value is -5.88. The zero-order valence-corrected chi connectivity index (χ0v) is 25.6. The van der Waals surface area contributed by atoms with E-state index >= 15 is 0 Å². The Morgan fingerprint density at radius 3 is 0.674 bits per heavy atom. The third-order valence-electron chi connectivity index (χ3n) is 6.90. The SMILES string of the molecule is Cc1ccc(OC(Oc2ccccc2)(Oc2ccccc2)C(Oc2ccccc2)(Oc2ccccc2)Oc2ccc(C)cc2)cc1. The zero-order chi connectivity index (χ0) is 31.7. The van der Waals surface area contributed by atoms with Crippen LogP contribution in [0.1, 0.15) is 11.1 Å². The Morgan fingerprint density at radius 2 is 0.457 bits per heavy atom. The highest BCUT2D eigenvalue weighted by atomic mass is 17.0. The molecule has 6 rings (SSSR count). The summed E-state index contributed by atoms with van der Waals surface area (Å²) in [6.45, 7) is 4.00. The molecule has 0 saturated heterocycles. The first-order valence-electron chi connectivity index (χ1n) is 15.0. The molecule has 0 saturated carbocycles. The molecule has 6 aromatic carbocycles. The van der Waals surface area contributed by atoms with Crippen molar-refractivity contribution in [2.45, 2.75) is 25.8 Å². The molecular formula is C40H34O6. The molecule has 0 spiro atoms. The highest BCUT2D eigenvalue weighted by Gasteiger charge is 2.71. The molecule has 0 radical (unpaired) electrons. The minimum absolute atomic E-state index is 0.413. The van der Waals surface area contributed by atoms with E-state index in [2.05, 4.69) is 0 Å². The highest BCUT2D eigenvalue weighted by Crippen LogP contribution is 2.41. The summed E-state index contributed by atoms with van der Waals surface area (Å²) in [6, 6.07) is 51.8. The van der Waals surface area contributed by atoms with Crippen LogP contribution in [0.4, 0.5) is 0 Å². The van der Waals surface area contributed by atoms with Gasteiger partial charge in [0.15, 0.2) is 0 Å². The number of benzene rings is 6.